The maximum atomic E-state index is 4.01. The van der Waals surface area contributed by atoms with Crippen LogP contribution >= 0.6 is 22.6 Å². The summed E-state index contributed by atoms with van der Waals surface area (Å²) < 4.78 is 0.588. The van der Waals surface area contributed by atoms with Crippen molar-refractivity contribution >= 4 is 22.6 Å². The van der Waals surface area contributed by atoms with Crippen molar-refractivity contribution in [3.8, 4) is 0 Å². The largest absolute Gasteiger partial charge is 2.00 e. The third-order valence-corrected chi connectivity index (χ3v) is 3.88. The SMILES string of the molecule is C=CC([CH2-])C(I)C(C)[CH-]CC.[U+2].[U]. The van der Waals surface area contributed by atoms with E-state index in [1.807, 2.05) is 6.08 Å². The summed E-state index contributed by atoms with van der Waals surface area (Å²) in [5.74, 6) is 1.01. The van der Waals surface area contributed by atoms with Crippen LogP contribution < -0.4 is 0 Å². The normalized spacial score (nSPS) is 16.0. The van der Waals surface area contributed by atoms with E-state index in [-0.39, 0.29) is 62.2 Å². The van der Waals surface area contributed by atoms with Gasteiger partial charge in [-0.25, -0.2) is 0 Å². The Balaban J connectivity index is -0.000000500. The fourth-order valence-corrected chi connectivity index (χ4v) is 1.61. The first-order chi connectivity index (χ1) is 5.13. The Bertz CT molecular complexity index is 117. The van der Waals surface area contributed by atoms with Crippen LogP contribution in [0, 0.1) is 87.4 Å². The van der Waals surface area contributed by atoms with Gasteiger partial charge >= 0.3 is 31.1 Å². The molecule has 0 bridgehead atoms. The van der Waals surface area contributed by atoms with Crippen LogP contribution in [0.2, 0.25) is 0 Å². The number of alkyl halides is 1. The molecule has 0 saturated heterocycles. The van der Waals surface area contributed by atoms with Crippen molar-refractivity contribution in [1.82, 2.24) is 0 Å². The predicted octanol–water partition coefficient (Wildman–Crippen LogP) is 3.68. The molecular weight excluding hydrogens is 723 g/mol. The molecule has 13 heavy (non-hydrogen) atoms. The van der Waals surface area contributed by atoms with Gasteiger partial charge in [-0.05, 0) is 3.92 Å². The Morgan fingerprint density at radius 3 is 2.38 bits per heavy atom. The van der Waals surface area contributed by atoms with Crippen LogP contribution in [0.4, 0.5) is 0 Å². The molecule has 0 rings (SSSR count). The van der Waals surface area contributed by atoms with Crippen LogP contribution in [0.15, 0.2) is 12.7 Å². The van der Waals surface area contributed by atoms with Crippen molar-refractivity contribution in [2.75, 3.05) is 0 Å². The zero-order chi connectivity index (χ0) is 8.85. The first-order valence-corrected chi connectivity index (χ1v) is 5.31. The molecule has 0 aliphatic carbocycles. The first-order valence-electron chi connectivity index (χ1n) is 4.06. The van der Waals surface area contributed by atoms with Crippen LogP contribution in [-0.2, 0) is 0 Å². The topological polar surface area (TPSA) is 0 Å². The molecule has 0 amide bonds. The van der Waals surface area contributed by atoms with E-state index in [0.29, 0.717) is 15.8 Å². The Morgan fingerprint density at radius 1 is 1.62 bits per heavy atom. The minimum absolute atomic E-state index is 0. The van der Waals surface area contributed by atoms with E-state index in [1.165, 1.54) is 0 Å². The smallest absolute Gasteiger partial charge is 0.336 e. The van der Waals surface area contributed by atoms with E-state index in [1.54, 1.807) is 0 Å². The molecule has 3 heteroatoms. The van der Waals surface area contributed by atoms with Gasteiger partial charge in [-0.1, -0.05) is 36.4 Å². The molecule has 0 fully saturated rings. The summed E-state index contributed by atoms with van der Waals surface area (Å²) in [6.07, 6.45) is 5.40. The van der Waals surface area contributed by atoms with Gasteiger partial charge in [0.1, 0.15) is 0 Å². The van der Waals surface area contributed by atoms with Crippen molar-refractivity contribution in [2.24, 2.45) is 11.8 Å². The molecule has 0 aromatic rings. The molecular formula is C10H17IU2. The summed E-state index contributed by atoms with van der Waals surface area (Å²) in [4.78, 5) is 0. The maximum absolute atomic E-state index is 4.01. The minimum atomic E-state index is 0. The molecule has 0 N–H and O–H groups in total. The summed E-state index contributed by atoms with van der Waals surface area (Å²) in [7, 11) is 0. The summed E-state index contributed by atoms with van der Waals surface area (Å²) in [6.45, 7) is 12.2. The Labute approximate surface area is 144 Å². The van der Waals surface area contributed by atoms with E-state index in [0.717, 1.165) is 6.42 Å². The first kappa shape index (κ1) is 20.9. The summed E-state index contributed by atoms with van der Waals surface area (Å²) in [5, 5.41) is 0. The monoisotopic (exact) mass is 740 g/mol. The van der Waals surface area contributed by atoms with Gasteiger partial charge in [0.05, 0.1) is 0 Å². The number of allylic oxidation sites excluding steroid dienone is 1. The molecule has 0 aliphatic rings. The van der Waals surface area contributed by atoms with E-state index in [2.05, 4.69) is 56.4 Å². The average molecular weight is 740 g/mol. The second-order valence-electron chi connectivity index (χ2n) is 2.85. The third kappa shape index (κ3) is 9.50. The number of hydrogen-bond acceptors (Lipinski definition) is 0. The van der Waals surface area contributed by atoms with Crippen molar-refractivity contribution in [3.05, 3.63) is 26.0 Å². The van der Waals surface area contributed by atoms with E-state index in [9.17, 15) is 0 Å². The standard InChI is InChI=1S/C10H17I.2U/c1-5-7-9(4)10(11)8(3)6-2;;/h6-10H,2-3,5H2,1,4H3;;/q-2;;+2. The van der Waals surface area contributed by atoms with Gasteiger partial charge in [0.2, 0.25) is 0 Å². The van der Waals surface area contributed by atoms with Crippen LogP contribution in [0.25, 0.3) is 0 Å². The Hall–Kier alpha value is 2.57. The Kier molecular flexibility index (Phi) is 20.3. The number of rotatable bonds is 5. The Morgan fingerprint density at radius 2 is 2.08 bits per heavy atom. The van der Waals surface area contributed by atoms with Gasteiger partial charge in [0, 0.05) is 31.1 Å². The van der Waals surface area contributed by atoms with Crippen molar-refractivity contribution < 1.29 is 62.2 Å². The van der Waals surface area contributed by atoms with Crippen LogP contribution in [0.3, 0.4) is 0 Å². The second kappa shape index (κ2) is 12.6. The van der Waals surface area contributed by atoms with E-state index >= 15 is 0 Å². The quantitative estimate of drug-likeness (QED) is 0.175. The molecule has 0 radical (unpaired) electrons. The average Bonchev–Trinajstić information content (AvgIpc) is 2.02. The van der Waals surface area contributed by atoms with Gasteiger partial charge in [-0.15, -0.1) is 18.6 Å². The van der Waals surface area contributed by atoms with Gasteiger partial charge in [0.25, 0.3) is 0 Å². The van der Waals surface area contributed by atoms with Gasteiger partial charge < -0.3 is 13.3 Å². The summed E-state index contributed by atoms with van der Waals surface area (Å²) in [5.41, 5.74) is 0. The van der Waals surface area contributed by atoms with Crippen molar-refractivity contribution in [3.63, 3.8) is 0 Å². The van der Waals surface area contributed by atoms with Gasteiger partial charge in [0.15, 0.2) is 0 Å². The zero-order valence-electron chi connectivity index (χ0n) is 8.39. The van der Waals surface area contributed by atoms with Crippen LogP contribution in [0.1, 0.15) is 20.3 Å². The van der Waals surface area contributed by atoms with Crippen molar-refractivity contribution in [2.45, 2.75) is 24.2 Å². The van der Waals surface area contributed by atoms with Crippen molar-refractivity contribution in [1.29, 1.82) is 0 Å². The molecule has 0 aliphatic heterocycles. The molecule has 0 spiro atoms. The number of hydrogen-bond donors (Lipinski definition) is 0. The maximum Gasteiger partial charge on any atom is 2.00 e. The van der Waals surface area contributed by atoms with Gasteiger partial charge in [-0.2, -0.15) is 12.3 Å². The zero-order valence-corrected chi connectivity index (χ0v) is 18.9. The second-order valence-corrected chi connectivity index (χ2v) is 4.29. The van der Waals surface area contributed by atoms with E-state index < -0.39 is 0 Å². The molecule has 3 atom stereocenters. The van der Waals surface area contributed by atoms with Crippen LogP contribution in [0.5, 0.6) is 0 Å². The summed E-state index contributed by atoms with van der Waals surface area (Å²) in [6, 6.07) is 0. The van der Waals surface area contributed by atoms with E-state index in [4.69, 9.17) is 0 Å². The van der Waals surface area contributed by atoms with Gasteiger partial charge in [-0.3, -0.25) is 0 Å². The van der Waals surface area contributed by atoms with Crippen LogP contribution in [-0.4, -0.2) is 3.92 Å². The molecule has 0 heterocycles. The molecule has 72 valence electrons. The number of halogens is 1. The third-order valence-electron chi connectivity index (χ3n) is 1.82. The minimum Gasteiger partial charge on any atom is -0.336 e. The fraction of sp³-hybridized carbons (Fsp3) is 0.600. The molecule has 0 aromatic carbocycles. The molecule has 0 saturated carbocycles. The molecule has 3 unspecified atom stereocenters. The molecule has 0 nitrogen and oxygen atoms in total. The summed E-state index contributed by atoms with van der Waals surface area (Å²) >= 11 is 2.45. The predicted molar refractivity (Wildman–Crippen MR) is 60.6 cm³/mol. The molecule has 0 aromatic heterocycles. The fourth-order valence-electron chi connectivity index (χ4n) is 1.02.